The van der Waals surface area contributed by atoms with Gasteiger partial charge in [-0.25, -0.2) is 0 Å². The van der Waals surface area contributed by atoms with E-state index in [1.54, 1.807) is 0 Å². The van der Waals surface area contributed by atoms with Crippen LogP contribution in [0.4, 0.5) is 0 Å². The van der Waals surface area contributed by atoms with Crippen molar-refractivity contribution in [2.24, 2.45) is 5.92 Å². The van der Waals surface area contributed by atoms with Crippen molar-refractivity contribution in [2.45, 2.75) is 37.9 Å². The summed E-state index contributed by atoms with van der Waals surface area (Å²) in [5.41, 5.74) is 0. The van der Waals surface area contributed by atoms with E-state index in [0.29, 0.717) is 25.2 Å². The van der Waals surface area contributed by atoms with Crippen LogP contribution in [0.1, 0.15) is 25.7 Å². The lowest BCUT2D eigenvalue weighted by molar-refractivity contribution is -0.0541. The van der Waals surface area contributed by atoms with Gasteiger partial charge in [0.2, 0.25) is 0 Å². The van der Waals surface area contributed by atoms with E-state index in [-0.39, 0.29) is 6.10 Å². The first kappa shape index (κ1) is 9.44. The van der Waals surface area contributed by atoms with E-state index in [2.05, 4.69) is 0 Å². The normalized spacial score (nSPS) is 40.8. The lowest BCUT2D eigenvalue weighted by atomic mass is 9.92. The van der Waals surface area contributed by atoms with Crippen LogP contribution < -0.4 is 0 Å². The van der Waals surface area contributed by atoms with Crippen molar-refractivity contribution in [3.05, 3.63) is 0 Å². The van der Waals surface area contributed by atoms with Gasteiger partial charge in [-0.15, -0.1) is 0 Å². The molecule has 3 atom stereocenters. The Balaban J connectivity index is 1.78. The maximum absolute atomic E-state index is 9.69. The molecule has 13 heavy (non-hydrogen) atoms. The van der Waals surface area contributed by atoms with Gasteiger partial charge in [-0.3, -0.25) is 0 Å². The van der Waals surface area contributed by atoms with Crippen LogP contribution in [0.2, 0.25) is 0 Å². The molecular weight excluding hydrogens is 168 g/mol. The molecule has 0 aliphatic carbocycles. The fourth-order valence-electron chi connectivity index (χ4n) is 2.18. The van der Waals surface area contributed by atoms with E-state index >= 15 is 0 Å². The Kier molecular flexibility index (Phi) is 3.19. The third kappa shape index (κ3) is 2.42. The van der Waals surface area contributed by atoms with Crippen LogP contribution in [-0.2, 0) is 9.47 Å². The Morgan fingerprint density at radius 3 is 2.85 bits per heavy atom. The summed E-state index contributed by atoms with van der Waals surface area (Å²) in [5, 5.41) is 9.69. The summed E-state index contributed by atoms with van der Waals surface area (Å²) in [6.07, 6.45) is 4.30. The Morgan fingerprint density at radius 2 is 2.15 bits per heavy atom. The monoisotopic (exact) mass is 186 g/mol. The molecule has 2 rings (SSSR count). The highest BCUT2D eigenvalue weighted by Crippen LogP contribution is 2.25. The molecule has 3 nitrogen and oxygen atoms in total. The molecule has 2 aliphatic rings. The zero-order valence-electron chi connectivity index (χ0n) is 7.95. The van der Waals surface area contributed by atoms with Crippen molar-refractivity contribution in [2.75, 3.05) is 19.8 Å². The number of ether oxygens (including phenoxy) is 2. The van der Waals surface area contributed by atoms with Gasteiger partial charge in [-0.2, -0.15) is 0 Å². The molecule has 2 aliphatic heterocycles. The van der Waals surface area contributed by atoms with Crippen LogP contribution in [0.5, 0.6) is 0 Å². The Labute approximate surface area is 79.0 Å². The number of hydrogen-bond donors (Lipinski definition) is 1. The topological polar surface area (TPSA) is 38.7 Å². The van der Waals surface area contributed by atoms with E-state index < -0.39 is 0 Å². The summed E-state index contributed by atoms with van der Waals surface area (Å²) in [4.78, 5) is 0. The van der Waals surface area contributed by atoms with Gasteiger partial charge < -0.3 is 14.6 Å². The van der Waals surface area contributed by atoms with Crippen molar-refractivity contribution in [3.63, 3.8) is 0 Å². The minimum atomic E-state index is -0.169. The first-order chi connectivity index (χ1) is 6.36. The molecule has 0 radical (unpaired) electrons. The molecule has 1 N–H and O–H groups in total. The maximum Gasteiger partial charge on any atom is 0.0613 e. The highest BCUT2D eigenvalue weighted by Gasteiger charge is 2.28. The first-order valence-electron chi connectivity index (χ1n) is 5.23. The third-order valence-electron chi connectivity index (χ3n) is 3.02. The summed E-state index contributed by atoms with van der Waals surface area (Å²) in [6.45, 7) is 2.32. The van der Waals surface area contributed by atoms with Crippen LogP contribution in [0, 0.1) is 5.92 Å². The third-order valence-corrected chi connectivity index (χ3v) is 3.02. The minimum Gasteiger partial charge on any atom is -0.393 e. The molecule has 3 unspecified atom stereocenters. The molecule has 2 saturated heterocycles. The standard InChI is InChI=1S/C10H18O3/c11-10-3-5-12-7-8(10)6-9-2-1-4-13-9/h8-11H,1-7H2. The van der Waals surface area contributed by atoms with Gasteiger partial charge in [0, 0.05) is 19.1 Å². The minimum absolute atomic E-state index is 0.169. The predicted molar refractivity (Wildman–Crippen MR) is 48.5 cm³/mol. The molecule has 0 aromatic heterocycles. The van der Waals surface area contributed by atoms with Crippen molar-refractivity contribution in [1.29, 1.82) is 0 Å². The van der Waals surface area contributed by atoms with Crippen LogP contribution in [0.25, 0.3) is 0 Å². The molecule has 0 aromatic rings. The molecule has 0 bridgehead atoms. The van der Waals surface area contributed by atoms with E-state index in [1.165, 1.54) is 6.42 Å². The fraction of sp³-hybridized carbons (Fsp3) is 1.00. The quantitative estimate of drug-likeness (QED) is 0.698. The number of rotatable bonds is 2. The van der Waals surface area contributed by atoms with Gasteiger partial charge in [-0.05, 0) is 25.7 Å². The second-order valence-corrected chi connectivity index (χ2v) is 4.06. The second kappa shape index (κ2) is 4.40. The summed E-state index contributed by atoms with van der Waals surface area (Å²) in [7, 11) is 0. The molecule has 2 heterocycles. The average molecular weight is 186 g/mol. The molecule has 0 spiro atoms. The summed E-state index contributed by atoms with van der Waals surface area (Å²) < 4.78 is 10.9. The van der Waals surface area contributed by atoms with Crippen LogP contribution in [0.15, 0.2) is 0 Å². The molecule has 2 fully saturated rings. The number of aliphatic hydroxyl groups excluding tert-OH is 1. The van der Waals surface area contributed by atoms with Gasteiger partial charge >= 0.3 is 0 Å². The number of aliphatic hydroxyl groups is 1. The van der Waals surface area contributed by atoms with Gasteiger partial charge in [0.1, 0.15) is 0 Å². The smallest absolute Gasteiger partial charge is 0.0613 e. The van der Waals surface area contributed by atoms with E-state index in [0.717, 1.165) is 25.9 Å². The molecule has 0 aromatic carbocycles. The van der Waals surface area contributed by atoms with E-state index in [9.17, 15) is 5.11 Å². The Hall–Kier alpha value is -0.120. The van der Waals surface area contributed by atoms with Crippen molar-refractivity contribution in [1.82, 2.24) is 0 Å². The Morgan fingerprint density at radius 1 is 1.23 bits per heavy atom. The van der Waals surface area contributed by atoms with Crippen molar-refractivity contribution >= 4 is 0 Å². The molecule has 76 valence electrons. The summed E-state index contributed by atoms with van der Waals surface area (Å²) in [6, 6.07) is 0. The van der Waals surface area contributed by atoms with Crippen LogP contribution in [-0.4, -0.2) is 37.1 Å². The van der Waals surface area contributed by atoms with E-state index in [4.69, 9.17) is 9.47 Å². The first-order valence-corrected chi connectivity index (χ1v) is 5.23. The highest BCUT2D eigenvalue weighted by molar-refractivity contribution is 4.77. The predicted octanol–water partition coefficient (Wildman–Crippen LogP) is 0.953. The van der Waals surface area contributed by atoms with Crippen molar-refractivity contribution < 1.29 is 14.6 Å². The van der Waals surface area contributed by atoms with Gasteiger partial charge in [0.05, 0.1) is 18.8 Å². The molecular formula is C10H18O3. The summed E-state index contributed by atoms with van der Waals surface area (Å²) >= 11 is 0. The second-order valence-electron chi connectivity index (χ2n) is 4.06. The zero-order valence-corrected chi connectivity index (χ0v) is 7.95. The zero-order chi connectivity index (χ0) is 9.10. The lowest BCUT2D eigenvalue weighted by Gasteiger charge is -2.29. The summed E-state index contributed by atoms with van der Waals surface area (Å²) in [5.74, 6) is 0.303. The van der Waals surface area contributed by atoms with Crippen LogP contribution >= 0.6 is 0 Å². The molecule has 0 saturated carbocycles. The maximum atomic E-state index is 9.69. The molecule has 0 amide bonds. The largest absolute Gasteiger partial charge is 0.393 e. The van der Waals surface area contributed by atoms with Gasteiger partial charge in [-0.1, -0.05) is 0 Å². The van der Waals surface area contributed by atoms with Gasteiger partial charge in [0.25, 0.3) is 0 Å². The molecule has 3 heteroatoms. The highest BCUT2D eigenvalue weighted by atomic mass is 16.5. The van der Waals surface area contributed by atoms with Gasteiger partial charge in [0.15, 0.2) is 0 Å². The number of hydrogen-bond acceptors (Lipinski definition) is 3. The lowest BCUT2D eigenvalue weighted by Crippen LogP contribution is -2.34. The van der Waals surface area contributed by atoms with E-state index in [1.807, 2.05) is 0 Å². The van der Waals surface area contributed by atoms with Crippen molar-refractivity contribution in [3.8, 4) is 0 Å². The SMILES string of the molecule is OC1CCOCC1CC1CCCO1. The van der Waals surface area contributed by atoms with Crippen LogP contribution in [0.3, 0.4) is 0 Å². The Bertz CT molecular complexity index is 154. The average Bonchev–Trinajstić information content (AvgIpc) is 2.61. The fourth-order valence-corrected chi connectivity index (χ4v) is 2.18.